The quantitative estimate of drug-likeness (QED) is 0.616. The molecule has 0 spiro atoms. The van der Waals surface area contributed by atoms with Crippen LogP contribution in [0, 0.1) is 11.8 Å². The van der Waals surface area contributed by atoms with Crippen molar-refractivity contribution in [3.63, 3.8) is 0 Å². The Bertz CT molecular complexity index is 564. The SMILES string of the molecule is CCN(C)CCCN1C(=O)C(C)C(CC(C)c2ccccc2)C1=O.[Cl-]. The summed E-state index contributed by atoms with van der Waals surface area (Å²) in [4.78, 5) is 28.9. The van der Waals surface area contributed by atoms with Gasteiger partial charge in [-0.25, -0.2) is 0 Å². The van der Waals surface area contributed by atoms with Crippen LogP contribution in [0.15, 0.2) is 30.3 Å². The van der Waals surface area contributed by atoms with E-state index in [1.807, 2.05) is 25.1 Å². The van der Waals surface area contributed by atoms with Gasteiger partial charge in [0.05, 0.1) is 5.92 Å². The second kappa shape index (κ2) is 9.93. The molecule has 1 aliphatic rings. The summed E-state index contributed by atoms with van der Waals surface area (Å²) in [5, 5.41) is 0. The van der Waals surface area contributed by atoms with Crippen LogP contribution in [-0.2, 0) is 9.59 Å². The number of likely N-dealkylation sites (tertiary alicyclic amines) is 1. The smallest absolute Gasteiger partial charge is 0.233 e. The summed E-state index contributed by atoms with van der Waals surface area (Å²) in [6, 6.07) is 10.2. The number of benzene rings is 1. The third-order valence-corrected chi connectivity index (χ3v) is 5.28. The van der Waals surface area contributed by atoms with E-state index in [4.69, 9.17) is 0 Å². The van der Waals surface area contributed by atoms with Crippen molar-refractivity contribution in [2.24, 2.45) is 11.8 Å². The number of carbonyl (C=O) groups excluding carboxylic acids is 2. The van der Waals surface area contributed by atoms with Gasteiger partial charge in [-0.3, -0.25) is 14.5 Å². The first-order valence-corrected chi connectivity index (χ1v) is 9.04. The zero-order valence-corrected chi connectivity index (χ0v) is 16.5. The lowest BCUT2D eigenvalue weighted by atomic mass is 9.85. The van der Waals surface area contributed by atoms with Gasteiger partial charge in [-0.1, -0.05) is 51.1 Å². The van der Waals surface area contributed by atoms with Crippen LogP contribution < -0.4 is 12.4 Å². The zero-order valence-electron chi connectivity index (χ0n) is 15.7. The normalized spacial score (nSPS) is 21.6. The summed E-state index contributed by atoms with van der Waals surface area (Å²) in [6.45, 7) is 8.58. The second-order valence-electron chi connectivity index (χ2n) is 7.02. The number of nitrogens with zero attached hydrogens (tertiary/aromatic N) is 2. The summed E-state index contributed by atoms with van der Waals surface area (Å²) in [7, 11) is 2.06. The number of hydrogen-bond donors (Lipinski definition) is 0. The van der Waals surface area contributed by atoms with E-state index in [0.717, 1.165) is 25.9 Å². The van der Waals surface area contributed by atoms with E-state index in [1.165, 1.54) is 10.5 Å². The fourth-order valence-electron chi connectivity index (χ4n) is 3.42. The van der Waals surface area contributed by atoms with Crippen LogP contribution in [0.5, 0.6) is 0 Å². The molecule has 3 unspecified atom stereocenters. The van der Waals surface area contributed by atoms with Crippen LogP contribution in [0.2, 0.25) is 0 Å². The summed E-state index contributed by atoms with van der Waals surface area (Å²) in [5.41, 5.74) is 1.23. The maximum absolute atomic E-state index is 12.7. The van der Waals surface area contributed by atoms with Crippen LogP contribution >= 0.6 is 0 Å². The van der Waals surface area contributed by atoms with Crippen molar-refractivity contribution < 1.29 is 22.0 Å². The maximum atomic E-state index is 12.7. The molecule has 0 aromatic heterocycles. The van der Waals surface area contributed by atoms with Gasteiger partial charge in [-0.15, -0.1) is 0 Å². The van der Waals surface area contributed by atoms with Gasteiger partial charge in [0.2, 0.25) is 11.8 Å². The average molecular weight is 366 g/mol. The molecule has 1 fully saturated rings. The minimum absolute atomic E-state index is 0. The van der Waals surface area contributed by atoms with Gasteiger partial charge in [0, 0.05) is 12.5 Å². The number of carbonyl (C=O) groups is 2. The molecule has 4 nitrogen and oxygen atoms in total. The van der Waals surface area contributed by atoms with Crippen LogP contribution in [0.25, 0.3) is 0 Å². The Kier molecular flexibility index (Phi) is 8.60. The fraction of sp³-hybridized carbons (Fsp3) is 0.600. The monoisotopic (exact) mass is 365 g/mol. The molecule has 0 radical (unpaired) electrons. The highest BCUT2D eigenvalue weighted by Crippen LogP contribution is 2.34. The van der Waals surface area contributed by atoms with Gasteiger partial charge in [-0.05, 0) is 44.5 Å². The summed E-state index contributed by atoms with van der Waals surface area (Å²) in [5.74, 6) is -0.0791. The molecule has 2 rings (SSSR count). The van der Waals surface area contributed by atoms with Crippen molar-refractivity contribution in [2.75, 3.05) is 26.7 Å². The lowest BCUT2D eigenvalue weighted by Crippen LogP contribution is -3.00. The molecule has 0 N–H and O–H groups in total. The average Bonchev–Trinajstić information content (AvgIpc) is 2.80. The number of imide groups is 1. The molecule has 140 valence electrons. The second-order valence-corrected chi connectivity index (χ2v) is 7.02. The molecular weight excluding hydrogens is 336 g/mol. The van der Waals surface area contributed by atoms with Gasteiger partial charge < -0.3 is 17.3 Å². The van der Waals surface area contributed by atoms with Crippen LogP contribution in [0.4, 0.5) is 0 Å². The van der Waals surface area contributed by atoms with E-state index in [2.05, 4.69) is 37.9 Å². The number of amides is 2. The molecule has 0 aliphatic carbocycles. The molecule has 25 heavy (non-hydrogen) atoms. The zero-order chi connectivity index (χ0) is 17.7. The number of hydrogen-bond acceptors (Lipinski definition) is 3. The molecule has 0 bridgehead atoms. The van der Waals surface area contributed by atoms with Gasteiger partial charge in [0.1, 0.15) is 0 Å². The highest BCUT2D eigenvalue weighted by atomic mass is 35.5. The van der Waals surface area contributed by atoms with E-state index in [-0.39, 0.29) is 42.0 Å². The lowest BCUT2D eigenvalue weighted by molar-refractivity contribution is -0.140. The highest BCUT2D eigenvalue weighted by molar-refractivity contribution is 6.04. The van der Waals surface area contributed by atoms with E-state index in [0.29, 0.717) is 6.54 Å². The molecule has 1 aromatic rings. The highest BCUT2D eigenvalue weighted by Gasteiger charge is 2.44. The molecule has 1 saturated heterocycles. The first kappa shape index (κ1) is 21.7. The molecule has 1 heterocycles. The van der Waals surface area contributed by atoms with Crippen molar-refractivity contribution in [3.8, 4) is 0 Å². The van der Waals surface area contributed by atoms with Crippen molar-refractivity contribution in [1.82, 2.24) is 9.80 Å². The standard InChI is InChI=1S/C20H30N2O2.ClH/c1-5-21(4)12-9-13-22-19(23)16(3)18(20(22)24)14-15(2)17-10-7-6-8-11-17;/h6-8,10-11,15-16,18H,5,9,12-14H2,1-4H3;1H/p-1. The van der Waals surface area contributed by atoms with Crippen LogP contribution in [-0.4, -0.2) is 48.3 Å². The molecule has 5 heteroatoms. The van der Waals surface area contributed by atoms with Gasteiger partial charge >= 0.3 is 0 Å². The molecule has 1 aromatic carbocycles. The van der Waals surface area contributed by atoms with E-state index >= 15 is 0 Å². The minimum atomic E-state index is -0.201. The lowest BCUT2D eigenvalue weighted by Gasteiger charge is -2.19. The number of rotatable bonds is 8. The third kappa shape index (κ3) is 5.29. The molecule has 2 amide bonds. The summed E-state index contributed by atoms with van der Waals surface area (Å²) in [6.07, 6.45) is 1.58. The maximum Gasteiger partial charge on any atom is 0.233 e. The minimum Gasteiger partial charge on any atom is -1.00 e. The van der Waals surface area contributed by atoms with Crippen molar-refractivity contribution in [3.05, 3.63) is 35.9 Å². The Morgan fingerprint density at radius 2 is 1.80 bits per heavy atom. The van der Waals surface area contributed by atoms with Crippen LogP contribution in [0.1, 0.15) is 45.1 Å². The Morgan fingerprint density at radius 3 is 2.40 bits per heavy atom. The van der Waals surface area contributed by atoms with Gasteiger partial charge in [0.15, 0.2) is 0 Å². The summed E-state index contributed by atoms with van der Waals surface area (Å²) >= 11 is 0. The van der Waals surface area contributed by atoms with Gasteiger partial charge in [-0.2, -0.15) is 0 Å². The van der Waals surface area contributed by atoms with Crippen LogP contribution in [0.3, 0.4) is 0 Å². The van der Waals surface area contributed by atoms with E-state index < -0.39 is 0 Å². The molecule has 1 aliphatic heterocycles. The molecular formula is C20H30ClN2O2-. The first-order chi connectivity index (χ1) is 11.5. The first-order valence-electron chi connectivity index (χ1n) is 9.04. The topological polar surface area (TPSA) is 40.6 Å². The van der Waals surface area contributed by atoms with Crippen molar-refractivity contribution >= 4 is 11.8 Å². The predicted molar refractivity (Wildman–Crippen MR) is 96.6 cm³/mol. The molecule has 0 saturated carbocycles. The summed E-state index contributed by atoms with van der Waals surface area (Å²) < 4.78 is 0. The van der Waals surface area contributed by atoms with Gasteiger partial charge in [0.25, 0.3) is 0 Å². The predicted octanol–water partition coefficient (Wildman–Crippen LogP) is 0.147. The largest absolute Gasteiger partial charge is 1.00 e. The fourth-order valence-corrected chi connectivity index (χ4v) is 3.42. The van der Waals surface area contributed by atoms with E-state index in [9.17, 15) is 9.59 Å². The Balaban J connectivity index is 0.00000312. The Morgan fingerprint density at radius 1 is 1.16 bits per heavy atom. The van der Waals surface area contributed by atoms with E-state index in [1.54, 1.807) is 0 Å². The third-order valence-electron chi connectivity index (χ3n) is 5.28. The Hall–Kier alpha value is -1.39. The van der Waals surface area contributed by atoms with Crippen molar-refractivity contribution in [2.45, 2.75) is 39.5 Å². The molecule has 3 atom stereocenters. The van der Waals surface area contributed by atoms with Crippen molar-refractivity contribution in [1.29, 1.82) is 0 Å². The Labute approximate surface area is 158 Å². The number of halogens is 1.